The van der Waals surface area contributed by atoms with E-state index in [0.29, 0.717) is 12.1 Å². The molecule has 0 aliphatic heterocycles. The minimum Gasteiger partial charge on any atom is -0.345 e. The van der Waals surface area contributed by atoms with Gasteiger partial charge in [-0.25, -0.2) is 4.98 Å². The fraction of sp³-hybridized carbons (Fsp3) is 0.130. The van der Waals surface area contributed by atoms with Gasteiger partial charge in [-0.05, 0) is 54.4 Å². The minimum atomic E-state index is -0.109. The number of carbonyl (C=O) groups excluding carboxylic acids is 1. The largest absolute Gasteiger partial charge is 0.345 e. The molecule has 0 aliphatic rings. The van der Waals surface area contributed by atoms with E-state index in [9.17, 15) is 4.79 Å². The smallest absolute Gasteiger partial charge is 0.251 e. The summed E-state index contributed by atoms with van der Waals surface area (Å²) in [4.78, 5) is 17.3. The maximum atomic E-state index is 12.5. The van der Waals surface area contributed by atoms with Gasteiger partial charge in [0.15, 0.2) is 0 Å². The third-order valence-corrected chi connectivity index (χ3v) is 5.37. The number of hydrogen-bond donors (Lipinski definition) is 1. The number of rotatable bonds is 5. The second-order valence-electron chi connectivity index (χ2n) is 6.72. The highest BCUT2D eigenvalue weighted by Gasteiger charge is 2.13. The van der Waals surface area contributed by atoms with E-state index in [-0.39, 0.29) is 5.91 Å². The van der Waals surface area contributed by atoms with Crippen LogP contribution in [-0.4, -0.2) is 15.5 Å². The van der Waals surface area contributed by atoms with Crippen LogP contribution < -0.4 is 5.32 Å². The molecular formula is C23H20BrN3O. The second-order valence-corrected chi connectivity index (χ2v) is 7.63. The number of para-hydroxylation sites is 2. The molecule has 4 aromatic rings. The molecule has 0 saturated carbocycles. The molecule has 0 unspecified atom stereocenters. The van der Waals surface area contributed by atoms with Crippen molar-refractivity contribution in [1.29, 1.82) is 0 Å². The molecule has 1 heterocycles. The van der Waals surface area contributed by atoms with E-state index in [1.807, 2.05) is 36.4 Å². The van der Waals surface area contributed by atoms with Crippen LogP contribution in [0, 0.1) is 6.92 Å². The number of hydrogen-bond acceptors (Lipinski definition) is 2. The maximum Gasteiger partial charge on any atom is 0.251 e. The molecule has 5 heteroatoms. The van der Waals surface area contributed by atoms with Crippen molar-refractivity contribution in [3.8, 4) is 0 Å². The van der Waals surface area contributed by atoms with Gasteiger partial charge in [-0.1, -0.05) is 52.3 Å². The number of amides is 1. The van der Waals surface area contributed by atoms with Gasteiger partial charge in [0.1, 0.15) is 5.82 Å². The fourth-order valence-electron chi connectivity index (χ4n) is 3.26. The van der Waals surface area contributed by atoms with Gasteiger partial charge >= 0.3 is 0 Å². The van der Waals surface area contributed by atoms with Crippen LogP contribution in [0.1, 0.15) is 27.3 Å². The summed E-state index contributed by atoms with van der Waals surface area (Å²) in [6.45, 7) is 3.20. The molecule has 3 aromatic carbocycles. The maximum absolute atomic E-state index is 12.5. The Balaban J connectivity index is 1.62. The Kier molecular flexibility index (Phi) is 5.26. The van der Waals surface area contributed by atoms with E-state index < -0.39 is 0 Å². The number of nitrogens with one attached hydrogen (secondary N) is 1. The monoisotopic (exact) mass is 433 g/mol. The van der Waals surface area contributed by atoms with Crippen molar-refractivity contribution >= 4 is 32.9 Å². The Labute approximate surface area is 172 Å². The molecule has 4 nitrogen and oxygen atoms in total. The van der Waals surface area contributed by atoms with E-state index in [2.05, 4.69) is 57.0 Å². The first-order valence-electron chi connectivity index (χ1n) is 9.14. The van der Waals surface area contributed by atoms with Crippen molar-refractivity contribution in [3.05, 3.63) is 99.8 Å². The van der Waals surface area contributed by atoms with E-state index in [0.717, 1.165) is 27.9 Å². The Morgan fingerprint density at radius 1 is 1.00 bits per heavy atom. The molecule has 0 bridgehead atoms. The van der Waals surface area contributed by atoms with Gasteiger partial charge in [0, 0.05) is 16.6 Å². The lowest BCUT2D eigenvalue weighted by Crippen LogP contribution is -2.25. The number of imidazole rings is 1. The lowest BCUT2D eigenvalue weighted by Gasteiger charge is -2.12. The third-order valence-electron chi connectivity index (χ3n) is 4.84. The number of aromatic nitrogens is 2. The molecule has 28 heavy (non-hydrogen) atoms. The van der Waals surface area contributed by atoms with E-state index in [1.165, 1.54) is 11.1 Å². The number of aryl methyl sites for hydroxylation is 1. The van der Waals surface area contributed by atoms with Crippen molar-refractivity contribution in [1.82, 2.24) is 14.9 Å². The molecule has 0 radical (unpaired) electrons. The predicted molar refractivity (Wildman–Crippen MR) is 115 cm³/mol. The number of fused-ring (bicyclic) bond motifs is 1. The van der Waals surface area contributed by atoms with Gasteiger partial charge in [-0.2, -0.15) is 0 Å². The quantitative estimate of drug-likeness (QED) is 0.476. The third kappa shape index (κ3) is 3.85. The SMILES string of the molecule is Cc1ccccc1Cn1c(CNC(=O)c2ccc(Br)cc2)nc2ccccc21. The van der Waals surface area contributed by atoms with Gasteiger partial charge in [-0.3, -0.25) is 4.79 Å². The fourth-order valence-corrected chi connectivity index (χ4v) is 3.52. The summed E-state index contributed by atoms with van der Waals surface area (Å²) in [5.41, 5.74) is 5.11. The van der Waals surface area contributed by atoms with Crippen molar-refractivity contribution in [2.75, 3.05) is 0 Å². The van der Waals surface area contributed by atoms with Gasteiger partial charge in [0.05, 0.1) is 17.6 Å². The Morgan fingerprint density at radius 2 is 1.71 bits per heavy atom. The lowest BCUT2D eigenvalue weighted by atomic mass is 10.1. The van der Waals surface area contributed by atoms with Crippen molar-refractivity contribution in [2.24, 2.45) is 0 Å². The first-order chi connectivity index (χ1) is 13.6. The summed E-state index contributed by atoms with van der Waals surface area (Å²) in [5, 5.41) is 3.00. The average molecular weight is 434 g/mol. The number of halogens is 1. The first kappa shape index (κ1) is 18.4. The summed E-state index contributed by atoms with van der Waals surface area (Å²) in [6, 6.07) is 23.7. The van der Waals surface area contributed by atoms with Crippen LogP contribution in [0.2, 0.25) is 0 Å². The Morgan fingerprint density at radius 3 is 2.50 bits per heavy atom. The summed E-state index contributed by atoms with van der Waals surface area (Å²) >= 11 is 3.39. The van der Waals surface area contributed by atoms with Crippen LogP contribution in [0.4, 0.5) is 0 Å². The molecule has 0 saturated heterocycles. The first-order valence-corrected chi connectivity index (χ1v) is 9.93. The van der Waals surface area contributed by atoms with Gasteiger partial charge in [-0.15, -0.1) is 0 Å². The zero-order valence-corrected chi connectivity index (χ0v) is 17.1. The normalized spacial score (nSPS) is 10.9. The van der Waals surface area contributed by atoms with Crippen LogP contribution in [-0.2, 0) is 13.1 Å². The number of carbonyl (C=O) groups is 1. The van der Waals surface area contributed by atoms with Crippen LogP contribution in [0.25, 0.3) is 11.0 Å². The van der Waals surface area contributed by atoms with Gasteiger partial charge in [0.2, 0.25) is 0 Å². The zero-order valence-electron chi connectivity index (χ0n) is 15.5. The van der Waals surface area contributed by atoms with Crippen LogP contribution >= 0.6 is 15.9 Å². The molecule has 0 atom stereocenters. The molecular weight excluding hydrogens is 414 g/mol. The van der Waals surface area contributed by atoms with Crippen molar-refractivity contribution in [2.45, 2.75) is 20.0 Å². The predicted octanol–water partition coefficient (Wildman–Crippen LogP) is 5.09. The molecule has 140 valence electrons. The van der Waals surface area contributed by atoms with E-state index in [4.69, 9.17) is 4.98 Å². The summed E-state index contributed by atoms with van der Waals surface area (Å²) in [5.74, 6) is 0.733. The Hall–Kier alpha value is -2.92. The lowest BCUT2D eigenvalue weighted by molar-refractivity contribution is 0.0949. The highest BCUT2D eigenvalue weighted by molar-refractivity contribution is 9.10. The highest BCUT2D eigenvalue weighted by atomic mass is 79.9. The van der Waals surface area contributed by atoms with Crippen LogP contribution in [0.15, 0.2) is 77.3 Å². The summed E-state index contributed by atoms with van der Waals surface area (Å²) in [6.07, 6.45) is 0. The molecule has 1 aromatic heterocycles. The highest BCUT2D eigenvalue weighted by Crippen LogP contribution is 2.19. The zero-order chi connectivity index (χ0) is 19.5. The number of nitrogens with zero attached hydrogens (tertiary/aromatic N) is 2. The Bertz CT molecular complexity index is 1130. The molecule has 1 N–H and O–H groups in total. The van der Waals surface area contributed by atoms with Crippen molar-refractivity contribution in [3.63, 3.8) is 0 Å². The molecule has 0 fully saturated rings. The summed E-state index contributed by atoms with van der Waals surface area (Å²) in [7, 11) is 0. The molecule has 0 spiro atoms. The molecule has 0 aliphatic carbocycles. The summed E-state index contributed by atoms with van der Waals surface area (Å²) < 4.78 is 3.13. The topological polar surface area (TPSA) is 46.9 Å². The second kappa shape index (κ2) is 7.98. The molecule has 4 rings (SSSR count). The van der Waals surface area contributed by atoms with Crippen LogP contribution in [0.5, 0.6) is 0 Å². The molecule has 1 amide bonds. The van der Waals surface area contributed by atoms with E-state index >= 15 is 0 Å². The average Bonchev–Trinajstić information content (AvgIpc) is 3.06. The standard InChI is InChI=1S/C23H20BrN3O/c1-16-6-2-3-7-18(16)15-27-21-9-5-4-8-20(21)26-22(27)14-25-23(28)17-10-12-19(24)13-11-17/h2-13H,14-15H2,1H3,(H,25,28). The van der Waals surface area contributed by atoms with Gasteiger partial charge < -0.3 is 9.88 Å². The van der Waals surface area contributed by atoms with Crippen LogP contribution in [0.3, 0.4) is 0 Å². The minimum absolute atomic E-state index is 0.109. The van der Waals surface area contributed by atoms with Gasteiger partial charge in [0.25, 0.3) is 5.91 Å². The van der Waals surface area contributed by atoms with Crippen molar-refractivity contribution < 1.29 is 4.79 Å². The number of benzene rings is 3. The van der Waals surface area contributed by atoms with E-state index in [1.54, 1.807) is 12.1 Å².